The van der Waals surface area contributed by atoms with Crippen molar-refractivity contribution in [3.63, 3.8) is 0 Å². The molecule has 0 aliphatic carbocycles. The molecule has 0 spiro atoms. The summed E-state index contributed by atoms with van der Waals surface area (Å²) in [5, 5.41) is 1.99. The molecule has 0 saturated carbocycles. The van der Waals surface area contributed by atoms with Gasteiger partial charge < -0.3 is 16.4 Å². The summed E-state index contributed by atoms with van der Waals surface area (Å²) in [4.78, 5) is 18.8. The molecule has 18 heavy (non-hydrogen) atoms. The summed E-state index contributed by atoms with van der Waals surface area (Å²) in [7, 11) is 0. The molecular formula is C11H15N5OS. The zero-order valence-corrected chi connectivity index (χ0v) is 10.7. The lowest BCUT2D eigenvalue weighted by Crippen LogP contribution is -2.28. The largest absolute Gasteiger partial charge is 0.369 e. The molecule has 0 bridgehead atoms. The zero-order valence-electron chi connectivity index (χ0n) is 9.87. The van der Waals surface area contributed by atoms with Gasteiger partial charge >= 0.3 is 0 Å². The molecule has 1 fully saturated rings. The summed E-state index contributed by atoms with van der Waals surface area (Å²) in [5.74, 6) is 0.594. The number of primary amides is 1. The van der Waals surface area contributed by atoms with Crippen molar-refractivity contribution in [2.75, 3.05) is 18.0 Å². The Morgan fingerprint density at radius 2 is 2.44 bits per heavy atom. The molecule has 4 N–H and O–H groups in total. The fourth-order valence-corrected chi connectivity index (χ4v) is 3.18. The van der Waals surface area contributed by atoms with Crippen molar-refractivity contribution in [3.05, 3.63) is 17.3 Å². The van der Waals surface area contributed by atoms with Crippen LogP contribution in [0.1, 0.15) is 12.1 Å². The minimum absolute atomic E-state index is 0.0737. The molecule has 96 valence electrons. The van der Waals surface area contributed by atoms with E-state index in [1.807, 2.05) is 16.0 Å². The Labute approximate surface area is 108 Å². The first kappa shape index (κ1) is 11.5. The third-order valence-corrected chi connectivity index (χ3v) is 4.18. The molecule has 1 aliphatic rings. The number of imidazole rings is 1. The standard InChI is InChI=1S/C11H15N5OS/c12-5-8-10(14-11-16(8)3-4-18-11)15-2-1-7(6-15)9(13)17/h3-4,7H,1-2,5-6,12H2,(H2,13,17). The van der Waals surface area contributed by atoms with E-state index in [9.17, 15) is 4.79 Å². The summed E-state index contributed by atoms with van der Waals surface area (Å²) in [6, 6.07) is 0. The number of thiazole rings is 1. The maximum Gasteiger partial charge on any atom is 0.222 e. The highest BCUT2D eigenvalue weighted by Crippen LogP contribution is 2.28. The molecule has 1 atom stereocenters. The third-order valence-electron chi connectivity index (χ3n) is 3.42. The summed E-state index contributed by atoms with van der Waals surface area (Å²) < 4.78 is 2.01. The first-order chi connectivity index (χ1) is 8.70. The van der Waals surface area contributed by atoms with Crippen molar-refractivity contribution in [2.45, 2.75) is 13.0 Å². The van der Waals surface area contributed by atoms with E-state index in [-0.39, 0.29) is 11.8 Å². The van der Waals surface area contributed by atoms with Gasteiger partial charge in [-0.2, -0.15) is 0 Å². The highest BCUT2D eigenvalue weighted by molar-refractivity contribution is 7.15. The Morgan fingerprint density at radius 1 is 1.61 bits per heavy atom. The molecule has 6 nitrogen and oxygen atoms in total. The maximum atomic E-state index is 11.2. The number of anilines is 1. The van der Waals surface area contributed by atoms with Gasteiger partial charge in [-0.15, -0.1) is 11.3 Å². The van der Waals surface area contributed by atoms with Gasteiger partial charge in [-0.3, -0.25) is 9.20 Å². The second kappa shape index (κ2) is 4.25. The monoisotopic (exact) mass is 265 g/mol. The molecule has 1 saturated heterocycles. The lowest BCUT2D eigenvalue weighted by atomic mass is 10.1. The van der Waals surface area contributed by atoms with E-state index in [2.05, 4.69) is 9.88 Å². The maximum absolute atomic E-state index is 11.2. The van der Waals surface area contributed by atoms with E-state index < -0.39 is 0 Å². The van der Waals surface area contributed by atoms with Crippen LogP contribution in [-0.2, 0) is 11.3 Å². The number of hydrogen-bond donors (Lipinski definition) is 2. The van der Waals surface area contributed by atoms with Gasteiger partial charge in [0, 0.05) is 31.2 Å². The van der Waals surface area contributed by atoms with Gasteiger partial charge in [-0.1, -0.05) is 0 Å². The molecular weight excluding hydrogens is 250 g/mol. The normalized spacial score (nSPS) is 19.8. The average molecular weight is 265 g/mol. The Kier molecular flexibility index (Phi) is 2.71. The Hall–Kier alpha value is -1.60. The first-order valence-corrected chi connectivity index (χ1v) is 6.77. The minimum atomic E-state index is -0.229. The van der Waals surface area contributed by atoms with Crippen LogP contribution in [0, 0.1) is 5.92 Å². The van der Waals surface area contributed by atoms with E-state index in [1.54, 1.807) is 11.3 Å². The van der Waals surface area contributed by atoms with Crippen LogP contribution in [0.4, 0.5) is 5.82 Å². The van der Waals surface area contributed by atoms with Crippen molar-refractivity contribution in [2.24, 2.45) is 17.4 Å². The lowest BCUT2D eigenvalue weighted by Gasteiger charge is -2.16. The van der Waals surface area contributed by atoms with E-state index >= 15 is 0 Å². The van der Waals surface area contributed by atoms with Crippen LogP contribution in [0.5, 0.6) is 0 Å². The molecule has 3 heterocycles. The van der Waals surface area contributed by atoms with Gasteiger partial charge in [0.2, 0.25) is 5.91 Å². The Morgan fingerprint density at radius 3 is 3.11 bits per heavy atom. The van der Waals surface area contributed by atoms with Crippen LogP contribution in [-0.4, -0.2) is 28.4 Å². The molecule has 7 heteroatoms. The van der Waals surface area contributed by atoms with Gasteiger partial charge in [0.1, 0.15) is 0 Å². The lowest BCUT2D eigenvalue weighted by molar-refractivity contribution is -0.121. The van der Waals surface area contributed by atoms with Crippen LogP contribution >= 0.6 is 11.3 Å². The summed E-state index contributed by atoms with van der Waals surface area (Å²) in [5.41, 5.74) is 12.2. The average Bonchev–Trinajstić information content (AvgIpc) is 3.02. The van der Waals surface area contributed by atoms with Gasteiger partial charge in [0.25, 0.3) is 0 Å². The fraction of sp³-hybridized carbons (Fsp3) is 0.455. The quantitative estimate of drug-likeness (QED) is 0.827. The fourth-order valence-electron chi connectivity index (χ4n) is 2.45. The van der Waals surface area contributed by atoms with Crippen LogP contribution in [0.2, 0.25) is 0 Å². The third kappa shape index (κ3) is 1.67. The van der Waals surface area contributed by atoms with Gasteiger partial charge in [-0.05, 0) is 6.42 Å². The molecule has 1 amide bonds. The van der Waals surface area contributed by atoms with Crippen molar-refractivity contribution in [3.8, 4) is 0 Å². The van der Waals surface area contributed by atoms with Crippen LogP contribution < -0.4 is 16.4 Å². The predicted octanol–water partition coefficient (Wildman–Crippen LogP) is 0.166. The first-order valence-electron chi connectivity index (χ1n) is 5.89. The number of rotatable bonds is 3. The van der Waals surface area contributed by atoms with Crippen LogP contribution in [0.3, 0.4) is 0 Å². The van der Waals surface area contributed by atoms with Gasteiger partial charge in [0.05, 0.1) is 11.6 Å². The molecule has 1 aliphatic heterocycles. The Bertz CT molecular complexity index is 589. The van der Waals surface area contributed by atoms with Crippen molar-refractivity contribution < 1.29 is 4.79 Å². The second-order valence-corrected chi connectivity index (χ2v) is 5.35. The zero-order chi connectivity index (χ0) is 12.7. The molecule has 3 rings (SSSR count). The van der Waals surface area contributed by atoms with E-state index in [1.165, 1.54) is 0 Å². The van der Waals surface area contributed by atoms with E-state index in [4.69, 9.17) is 11.5 Å². The molecule has 0 radical (unpaired) electrons. The predicted molar refractivity (Wildman–Crippen MR) is 70.5 cm³/mol. The molecule has 2 aromatic heterocycles. The van der Waals surface area contributed by atoms with Crippen LogP contribution in [0.15, 0.2) is 11.6 Å². The second-order valence-electron chi connectivity index (χ2n) is 4.48. The highest BCUT2D eigenvalue weighted by Gasteiger charge is 2.29. The highest BCUT2D eigenvalue weighted by atomic mass is 32.1. The number of hydrogen-bond acceptors (Lipinski definition) is 5. The van der Waals surface area contributed by atoms with Crippen LogP contribution in [0.25, 0.3) is 4.96 Å². The number of aromatic nitrogens is 2. The summed E-state index contributed by atoms with van der Waals surface area (Å²) in [6.07, 6.45) is 2.77. The molecule has 1 unspecified atom stereocenters. The van der Waals surface area contributed by atoms with E-state index in [0.717, 1.165) is 29.4 Å². The van der Waals surface area contributed by atoms with E-state index in [0.29, 0.717) is 13.1 Å². The van der Waals surface area contributed by atoms with Gasteiger partial charge in [0.15, 0.2) is 10.8 Å². The number of amides is 1. The van der Waals surface area contributed by atoms with Crippen molar-refractivity contribution in [1.82, 2.24) is 9.38 Å². The number of carbonyl (C=O) groups is 1. The molecule has 2 aromatic rings. The summed E-state index contributed by atoms with van der Waals surface area (Å²) in [6.45, 7) is 1.89. The minimum Gasteiger partial charge on any atom is -0.369 e. The summed E-state index contributed by atoms with van der Waals surface area (Å²) >= 11 is 1.58. The topological polar surface area (TPSA) is 89.6 Å². The van der Waals surface area contributed by atoms with Gasteiger partial charge in [-0.25, -0.2) is 4.98 Å². The van der Waals surface area contributed by atoms with Crippen molar-refractivity contribution >= 4 is 28.0 Å². The molecule has 0 aromatic carbocycles. The number of fused-ring (bicyclic) bond motifs is 1. The SMILES string of the molecule is NCc1c(N2CCC(C(N)=O)C2)nc2sccn12. The number of nitrogens with two attached hydrogens (primary N) is 2. The number of carbonyl (C=O) groups excluding carboxylic acids is 1. The Balaban J connectivity index is 1.95. The number of nitrogens with zero attached hydrogens (tertiary/aromatic N) is 3. The smallest absolute Gasteiger partial charge is 0.222 e. The van der Waals surface area contributed by atoms with Crippen molar-refractivity contribution in [1.29, 1.82) is 0 Å².